The Morgan fingerprint density at radius 2 is 1.72 bits per heavy atom. The minimum absolute atomic E-state index is 0.000549. The highest BCUT2D eigenvalue weighted by Gasteiger charge is 2.46. The molecular weight excluding hydrogens is 226 g/mol. The average molecular weight is 243 g/mol. The van der Waals surface area contributed by atoms with Gasteiger partial charge in [0.1, 0.15) is 17.5 Å². The molecule has 1 aromatic heterocycles. The van der Waals surface area contributed by atoms with E-state index in [9.17, 15) is 9.59 Å². The van der Waals surface area contributed by atoms with Gasteiger partial charge < -0.3 is 0 Å². The summed E-state index contributed by atoms with van der Waals surface area (Å²) in [6, 6.07) is 5.43. The molecule has 94 valence electrons. The molecule has 0 atom stereocenters. The molecule has 3 rings (SSSR count). The summed E-state index contributed by atoms with van der Waals surface area (Å²) in [5, 5.41) is 0. The van der Waals surface area contributed by atoms with Gasteiger partial charge in [-0.3, -0.25) is 14.6 Å². The molecule has 0 unspecified atom stereocenters. The fraction of sp³-hybridized carbons (Fsp3) is 0.533. The summed E-state index contributed by atoms with van der Waals surface area (Å²) < 4.78 is 0. The third-order valence-electron chi connectivity index (χ3n) is 4.39. The van der Waals surface area contributed by atoms with Crippen LogP contribution in [0.4, 0.5) is 0 Å². The number of ketones is 2. The van der Waals surface area contributed by atoms with Gasteiger partial charge in [0.05, 0.1) is 5.69 Å². The second-order valence-corrected chi connectivity index (χ2v) is 5.68. The molecule has 0 saturated heterocycles. The maximum Gasteiger partial charge on any atom is 0.149 e. The Hall–Kier alpha value is -1.51. The first-order chi connectivity index (χ1) is 8.70. The van der Waals surface area contributed by atoms with Gasteiger partial charge >= 0.3 is 0 Å². The van der Waals surface area contributed by atoms with E-state index in [0.29, 0.717) is 18.5 Å². The lowest BCUT2D eigenvalue weighted by Crippen LogP contribution is -2.38. The Bertz CT molecular complexity index is 455. The molecule has 18 heavy (non-hydrogen) atoms. The summed E-state index contributed by atoms with van der Waals surface area (Å²) in [4.78, 5) is 28.8. The first-order valence-corrected chi connectivity index (χ1v) is 6.67. The van der Waals surface area contributed by atoms with Crippen molar-refractivity contribution in [3.8, 4) is 0 Å². The van der Waals surface area contributed by atoms with Crippen molar-refractivity contribution in [3.05, 3.63) is 30.1 Å². The lowest BCUT2D eigenvalue weighted by molar-refractivity contribution is -0.136. The Morgan fingerprint density at radius 1 is 1.06 bits per heavy atom. The Kier molecular flexibility index (Phi) is 2.77. The molecule has 0 N–H and O–H groups in total. The van der Waals surface area contributed by atoms with Crippen molar-refractivity contribution in [1.82, 2.24) is 4.98 Å². The van der Waals surface area contributed by atoms with E-state index < -0.39 is 5.92 Å². The van der Waals surface area contributed by atoms with Crippen molar-refractivity contribution in [3.63, 3.8) is 0 Å². The van der Waals surface area contributed by atoms with E-state index in [1.165, 1.54) is 0 Å². The number of rotatable bonds is 1. The average Bonchev–Trinajstić information content (AvgIpc) is 2.77. The molecule has 2 saturated carbocycles. The zero-order valence-corrected chi connectivity index (χ0v) is 10.4. The van der Waals surface area contributed by atoms with Gasteiger partial charge in [-0.05, 0) is 30.4 Å². The van der Waals surface area contributed by atoms with Crippen LogP contribution in [0.1, 0.15) is 50.1 Å². The Balaban J connectivity index is 1.87. The molecule has 1 aromatic rings. The van der Waals surface area contributed by atoms with Gasteiger partial charge in [0.25, 0.3) is 0 Å². The number of Topliss-reactive ketones (excluding diaryl/α,β-unsaturated/α-hetero) is 2. The fourth-order valence-electron chi connectivity index (χ4n) is 3.54. The van der Waals surface area contributed by atoms with Crippen molar-refractivity contribution in [2.75, 3.05) is 0 Å². The molecule has 0 amide bonds. The largest absolute Gasteiger partial charge is 0.298 e. The fourth-order valence-corrected chi connectivity index (χ4v) is 3.54. The number of pyridine rings is 1. The quantitative estimate of drug-likeness (QED) is 0.712. The zero-order valence-electron chi connectivity index (χ0n) is 10.4. The van der Waals surface area contributed by atoms with Gasteiger partial charge in [0, 0.05) is 19.0 Å². The van der Waals surface area contributed by atoms with Crippen molar-refractivity contribution in [2.24, 2.45) is 5.41 Å². The third kappa shape index (κ3) is 1.88. The van der Waals surface area contributed by atoms with Gasteiger partial charge in [-0.25, -0.2) is 0 Å². The van der Waals surface area contributed by atoms with Gasteiger partial charge in [-0.15, -0.1) is 0 Å². The van der Waals surface area contributed by atoms with Crippen LogP contribution < -0.4 is 0 Å². The number of hydrogen-bond acceptors (Lipinski definition) is 3. The summed E-state index contributed by atoms with van der Waals surface area (Å²) in [5.41, 5.74) is 0.625. The monoisotopic (exact) mass is 243 g/mol. The SMILES string of the molecule is O=C1CC2(CCCC2)CC(=O)C1c1ccccn1. The van der Waals surface area contributed by atoms with E-state index in [2.05, 4.69) is 4.98 Å². The van der Waals surface area contributed by atoms with Gasteiger partial charge in [-0.1, -0.05) is 18.9 Å². The number of hydrogen-bond donors (Lipinski definition) is 0. The number of aromatic nitrogens is 1. The highest BCUT2D eigenvalue weighted by Crippen LogP contribution is 2.49. The summed E-state index contributed by atoms with van der Waals surface area (Å²) >= 11 is 0. The van der Waals surface area contributed by atoms with Crippen molar-refractivity contribution >= 4 is 11.6 Å². The lowest BCUT2D eigenvalue weighted by Gasteiger charge is -2.34. The molecule has 2 aliphatic rings. The van der Waals surface area contributed by atoms with Crippen LogP contribution in [-0.4, -0.2) is 16.6 Å². The number of carbonyl (C=O) groups is 2. The van der Waals surface area contributed by atoms with Crippen LogP contribution in [0.3, 0.4) is 0 Å². The van der Waals surface area contributed by atoms with Gasteiger partial charge in [0.2, 0.25) is 0 Å². The summed E-state index contributed by atoms with van der Waals surface area (Å²) in [6.07, 6.45) is 7.19. The molecule has 3 nitrogen and oxygen atoms in total. The predicted molar refractivity (Wildman–Crippen MR) is 67.1 cm³/mol. The number of carbonyl (C=O) groups excluding carboxylic acids is 2. The highest BCUT2D eigenvalue weighted by atomic mass is 16.2. The first kappa shape index (κ1) is 11.6. The first-order valence-electron chi connectivity index (χ1n) is 6.67. The second-order valence-electron chi connectivity index (χ2n) is 5.68. The van der Waals surface area contributed by atoms with Crippen LogP contribution in [0.15, 0.2) is 24.4 Å². The summed E-state index contributed by atoms with van der Waals surface area (Å²) in [7, 11) is 0. The summed E-state index contributed by atoms with van der Waals surface area (Å²) in [5.74, 6) is -0.448. The lowest BCUT2D eigenvalue weighted by atomic mass is 9.67. The van der Waals surface area contributed by atoms with Gasteiger partial charge in [0.15, 0.2) is 0 Å². The maximum absolute atomic E-state index is 12.3. The van der Waals surface area contributed by atoms with Gasteiger partial charge in [-0.2, -0.15) is 0 Å². The maximum atomic E-state index is 12.3. The topological polar surface area (TPSA) is 47.0 Å². The van der Waals surface area contributed by atoms with Crippen molar-refractivity contribution in [1.29, 1.82) is 0 Å². The minimum atomic E-state index is -0.600. The second kappa shape index (κ2) is 4.30. The van der Waals surface area contributed by atoms with E-state index in [1.54, 1.807) is 18.3 Å². The molecule has 2 aliphatic carbocycles. The molecule has 0 aliphatic heterocycles. The van der Waals surface area contributed by atoms with Crippen LogP contribution in [0, 0.1) is 5.41 Å². The highest BCUT2D eigenvalue weighted by molar-refractivity contribution is 6.09. The molecule has 0 radical (unpaired) electrons. The van der Waals surface area contributed by atoms with E-state index in [0.717, 1.165) is 25.7 Å². The van der Waals surface area contributed by atoms with Crippen LogP contribution in [0.5, 0.6) is 0 Å². The van der Waals surface area contributed by atoms with Crippen LogP contribution >= 0.6 is 0 Å². The Labute approximate surface area is 107 Å². The minimum Gasteiger partial charge on any atom is -0.298 e. The predicted octanol–water partition coefficient (Wildman–Crippen LogP) is 2.66. The molecular formula is C15H17NO2. The normalized spacial score (nSPS) is 23.8. The van der Waals surface area contributed by atoms with E-state index in [1.807, 2.05) is 6.07 Å². The molecule has 3 heteroatoms. The molecule has 0 aromatic carbocycles. The smallest absolute Gasteiger partial charge is 0.149 e. The van der Waals surface area contributed by atoms with Crippen LogP contribution in [0.2, 0.25) is 0 Å². The van der Waals surface area contributed by atoms with E-state index in [4.69, 9.17) is 0 Å². The summed E-state index contributed by atoms with van der Waals surface area (Å²) in [6.45, 7) is 0. The van der Waals surface area contributed by atoms with Crippen LogP contribution in [0.25, 0.3) is 0 Å². The molecule has 1 spiro atoms. The van der Waals surface area contributed by atoms with Crippen molar-refractivity contribution < 1.29 is 9.59 Å². The van der Waals surface area contributed by atoms with E-state index >= 15 is 0 Å². The van der Waals surface area contributed by atoms with Crippen LogP contribution in [-0.2, 0) is 9.59 Å². The number of nitrogens with zero attached hydrogens (tertiary/aromatic N) is 1. The Morgan fingerprint density at radius 3 is 2.28 bits per heavy atom. The third-order valence-corrected chi connectivity index (χ3v) is 4.39. The molecule has 0 bridgehead atoms. The van der Waals surface area contributed by atoms with E-state index in [-0.39, 0.29) is 17.0 Å². The van der Waals surface area contributed by atoms with Crippen molar-refractivity contribution in [2.45, 2.75) is 44.4 Å². The standard InChI is InChI=1S/C15H17NO2/c17-12-9-15(6-2-3-7-15)10-13(18)14(12)11-5-1-4-8-16-11/h1,4-5,8,14H,2-3,6-7,9-10H2. The molecule has 1 heterocycles. The zero-order chi connectivity index (χ0) is 12.6. The molecule has 2 fully saturated rings.